The fourth-order valence-electron chi connectivity index (χ4n) is 3.53. The average molecular weight is 388 g/mol. The molecule has 1 aliphatic heterocycles. The molecule has 1 aliphatic rings. The second-order valence-electron chi connectivity index (χ2n) is 6.80. The molecule has 0 saturated carbocycles. The number of imidazole rings is 1. The minimum Gasteiger partial charge on any atom is -0.394 e. The Balaban J connectivity index is 1.76. The van der Waals surface area contributed by atoms with Crippen molar-refractivity contribution < 1.29 is 24.6 Å². The highest BCUT2D eigenvalue weighted by Gasteiger charge is 2.47. The highest BCUT2D eigenvalue weighted by atomic mass is 16.6. The summed E-state index contributed by atoms with van der Waals surface area (Å²) >= 11 is 0. The Morgan fingerprint density at radius 1 is 1.25 bits per heavy atom. The smallest absolute Gasteiger partial charge is 0.304 e. The van der Waals surface area contributed by atoms with Gasteiger partial charge >= 0.3 is 5.56 Å². The summed E-state index contributed by atoms with van der Waals surface area (Å²) in [5, 5.41) is 29.8. The summed E-state index contributed by atoms with van der Waals surface area (Å²) in [6.45, 7) is 0.0368. The molecule has 1 saturated heterocycles. The molecule has 148 valence electrons. The summed E-state index contributed by atoms with van der Waals surface area (Å²) in [6.07, 6.45) is -2.22. The number of anilines is 1. The maximum atomic E-state index is 12.5. The lowest BCUT2D eigenvalue weighted by molar-refractivity contribution is -0.672. The topological polar surface area (TPSA) is 150 Å². The zero-order valence-electron chi connectivity index (χ0n) is 15.0. The van der Waals surface area contributed by atoms with Crippen molar-refractivity contribution in [1.82, 2.24) is 14.5 Å². The molecule has 0 aliphatic carbocycles. The highest BCUT2D eigenvalue weighted by Crippen LogP contribution is 2.30. The molecule has 0 spiro atoms. The van der Waals surface area contributed by atoms with Crippen LogP contribution in [0.25, 0.3) is 11.2 Å². The van der Waals surface area contributed by atoms with Crippen LogP contribution < -0.4 is 15.9 Å². The normalized spacial score (nSPS) is 24.8. The first-order valence-electron chi connectivity index (χ1n) is 8.95. The van der Waals surface area contributed by atoms with Crippen molar-refractivity contribution >= 4 is 17.1 Å². The number of aryl methyl sites for hydroxylation is 2. The minimum absolute atomic E-state index is 0.0706. The largest absolute Gasteiger partial charge is 0.394 e. The molecule has 28 heavy (non-hydrogen) atoms. The molecule has 1 fully saturated rings. The van der Waals surface area contributed by atoms with Crippen molar-refractivity contribution in [3.63, 3.8) is 0 Å². The Morgan fingerprint density at radius 3 is 2.68 bits per heavy atom. The number of rotatable bonds is 5. The number of hydrogen-bond donors (Lipinski definition) is 5. The van der Waals surface area contributed by atoms with Crippen molar-refractivity contribution in [1.29, 1.82) is 0 Å². The minimum atomic E-state index is -1.29. The highest BCUT2D eigenvalue weighted by molar-refractivity contribution is 5.67. The van der Waals surface area contributed by atoms with E-state index in [0.29, 0.717) is 13.0 Å². The summed E-state index contributed by atoms with van der Waals surface area (Å²) in [6, 6.07) is 9.80. The molecule has 0 unspecified atom stereocenters. The number of nitrogens with zero attached hydrogens (tertiary/aromatic N) is 3. The number of nitrogen functional groups attached to an aromatic ring is 1. The third kappa shape index (κ3) is 3.16. The number of nitrogens with one attached hydrogen (secondary N) is 1. The summed E-state index contributed by atoms with van der Waals surface area (Å²) in [5.41, 5.74) is 6.89. The Bertz CT molecular complexity index is 1030. The van der Waals surface area contributed by atoms with Crippen LogP contribution in [0.15, 0.2) is 41.5 Å². The summed E-state index contributed by atoms with van der Waals surface area (Å²) in [4.78, 5) is 19.2. The number of aromatic nitrogens is 4. The third-order valence-electron chi connectivity index (χ3n) is 4.97. The first-order valence-corrected chi connectivity index (χ1v) is 8.95. The first kappa shape index (κ1) is 18.6. The van der Waals surface area contributed by atoms with Gasteiger partial charge in [0.15, 0.2) is 0 Å². The van der Waals surface area contributed by atoms with Crippen LogP contribution >= 0.6 is 0 Å². The number of aliphatic hydroxyl groups excluding tert-OH is 3. The van der Waals surface area contributed by atoms with Gasteiger partial charge in [0.25, 0.3) is 11.2 Å². The second kappa shape index (κ2) is 7.32. The van der Waals surface area contributed by atoms with E-state index in [-0.39, 0.29) is 17.1 Å². The Labute approximate surface area is 159 Å². The van der Waals surface area contributed by atoms with Gasteiger partial charge in [-0.3, -0.25) is 9.78 Å². The lowest BCUT2D eigenvalue weighted by Gasteiger charge is -2.11. The van der Waals surface area contributed by atoms with Crippen LogP contribution in [-0.2, 0) is 17.7 Å². The van der Waals surface area contributed by atoms with Gasteiger partial charge in [0.05, 0.1) is 13.2 Å². The van der Waals surface area contributed by atoms with E-state index in [0.717, 1.165) is 5.56 Å². The molecule has 4 rings (SSSR count). The van der Waals surface area contributed by atoms with Gasteiger partial charge in [-0.15, -0.1) is 0 Å². The lowest BCUT2D eigenvalue weighted by atomic mass is 10.1. The fourth-order valence-corrected chi connectivity index (χ4v) is 3.53. The van der Waals surface area contributed by atoms with E-state index >= 15 is 0 Å². The van der Waals surface area contributed by atoms with Crippen LogP contribution in [0.1, 0.15) is 11.8 Å². The van der Waals surface area contributed by atoms with Crippen LogP contribution in [0.2, 0.25) is 0 Å². The quantitative estimate of drug-likeness (QED) is 0.332. The van der Waals surface area contributed by atoms with E-state index in [2.05, 4.69) is 9.97 Å². The van der Waals surface area contributed by atoms with E-state index in [9.17, 15) is 20.1 Å². The zero-order valence-corrected chi connectivity index (χ0v) is 15.0. The van der Waals surface area contributed by atoms with Gasteiger partial charge in [-0.25, -0.2) is 4.57 Å². The summed E-state index contributed by atoms with van der Waals surface area (Å²) in [5.74, 6) is -0.0706. The monoisotopic (exact) mass is 388 g/mol. The number of aromatic amines is 1. The number of fused-ring (bicyclic) bond motifs is 1. The SMILES string of the molecule is Nc1nc2c(c(=O)[nH]1)[n+](CCc1ccccc1)cn2[C@@H]1O[C@H](CO)[C@@H](O)[C@H]1O. The predicted molar refractivity (Wildman–Crippen MR) is 98.1 cm³/mol. The number of benzene rings is 1. The molecular formula is C18H22N5O5+. The van der Waals surface area contributed by atoms with Crippen LogP contribution in [-0.4, -0.2) is 54.8 Å². The van der Waals surface area contributed by atoms with Crippen LogP contribution in [0.5, 0.6) is 0 Å². The zero-order chi connectivity index (χ0) is 19.8. The van der Waals surface area contributed by atoms with E-state index in [4.69, 9.17) is 10.5 Å². The van der Waals surface area contributed by atoms with Crippen molar-refractivity contribution in [3.8, 4) is 0 Å². The molecule has 0 amide bonds. The molecule has 10 nitrogen and oxygen atoms in total. The molecule has 10 heteroatoms. The average Bonchev–Trinajstić information content (AvgIpc) is 3.19. The Kier molecular flexibility index (Phi) is 4.85. The van der Waals surface area contributed by atoms with Gasteiger partial charge in [-0.1, -0.05) is 30.3 Å². The van der Waals surface area contributed by atoms with E-state index in [1.165, 1.54) is 4.57 Å². The van der Waals surface area contributed by atoms with Crippen LogP contribution in [0.3, 0.4) is 0 Å². The maximum Gasteiger partial charge on any atom is 0.304 e. The molecule has 0 bridgehead atoms. The standard InChI is InChI=1S/C18H21N5O5/c19-18-20-15-12(16(27)21-18)22(7-6-10-4-2-1-3-5-10)9-23(15)17-14(26)13(25)11(8-24)28-17/h1-5,9,11,13-14,17,24-26H,6-8H2,(H2-,19,20,21,27)/p+1/t11-,13-,14-,17-/m1/s1. The van der Waals surface area contributed by atoms with Crippen molar-refractivity contribution in [2.45, 2.75) is 37.5 Å². The molecule has 1 aromatic carbocycles. The maximum absolute atomic E-state index is 12.5. The number of hydrogen-bond acceptors (Lipinski definition) is 7. The third-order valence-corrected chi connectivity index (χ3v) is 4.97. The van der Waals surface area contributed by atoms with Gasteiger partial charge in [0, 0.05) is 6.42 Å². The van der Waals surface area contributed by atoms with E-state index in [1.54, 1.807) is 10.9 Å². The van der Waals surface area contributed by atoms with Gasteiger partial charge in [-0.05, 0) is 5.56 Å². The number of H-pyrrole nitrogens is 1. The molecule has 0 radical (unpaired) electrons. The molecule has 2 aromatic heterocycles. The molecular weight excluding hydrogens is 366 g/mol. The molecule has 3 aromatic rings. The van der Waals surface area contributed by atoms with Crippen LogP contribution in [0, 0.1) is 0 Å². The van der Waals surface area contributed by atoms with Crippen molar-refractivity contribution in [2.24, 2.45) is 0 Å². The number of ether oxygens (including phenoxy) is 1. The summed E-state index contributed by atoms with van der Waals surface area (Å²) in [7, 11) is 0. The Morgan fingerprint density at radius 2 is 2.00 bits per heavy atom. The van der Waals surface area contributed by atoms with Crippen molar-refractivity contribution in [2.75, 3.05) is 12.3 Å². The Hall–Kier alpha value is -2.79. The van der Waals surface area contributed by atoms with Gasteiger partial charge < -0.3 is 25.8 Å². The first-order chi connectivity index (χ1) is 13.5. The van der Waals surface area contributed by atoms with Gasteiger partial charge in [0.1, 0.15) is 18.3 Å². The summed E-state index contributed by atoms with van der Waals surface area (Å²) < 4.78 is 8.77. The lowest BCUT2D eigenvalue weighted by Crippen LogP contribution is -2.37. The number of aliphatic hydroxyl groups is 3. The van der Waals surface area contributed by atoms with Crippen molar-refractivity contribution in [3.05, 3.63) is 52.6 Å². The van der Waals surface area contributed by atoms with Gasteiger partial charge in [0.2, 0.25) is 18.5 Å². The van der Waals surface area contributed by atoms with Gasteiger partial charge in [-0.2, -0.15) is 9.55 Å². The second-order valence-corrected chi connectivity index (χ2v) is 6.80. The van der Waals surface area contributed by atoms with Crippen LogP contribution in [0.4, 0.5) is 5.95 Å². The predicted octanol–water partition coefficient (Wildman–Crippen LogP) is -1.55. The van der Waals surface area contributed by atoms with E-state index < -0.39 is 36.7 Å². The molecule has 6 N–H and O–H groups in total. The van der Waals surface area contributed by atoms with E-state index in [1.807, 2.05) is 30.3 Å². The molecule has 3 heterocycles. The fraction of sp³-hybridized carbons (Fsp3) is 0.389. The molecule has 4 atom stereocenters. The number of nitrogens with two attached hydrogens (primary N) is 1.